The Morgan fingerprint density at radius 1 is 1.36 bits per heavy atom. The molecule has 1 rings (SSSR count). The highest BCUT2D eigenvalue weighted by Gasteiger charge is 2.15. The largest absolute Gasteiger partial charge is 0.251 e. The quantitative estimate of drug-likeness (QED) is 0.537. The molecule has 0 amide bonds. The van der Waals surface area contributed by atoms with Crippen LogP contribution in [-0.2, 0) is 0 Å². The highest BCUT2D eigenvalue weighted by molar-refractivity contribution is 5.13. The van der Waals surface area contributed by atoms with Crippen LogP contribution in [0.1, 0.15) is 39.5 Å². The van der Waals surface area contributed by atoms with Crippen molar-refractivity contribution in [3.05, 3.63) is 11.1 Å². The van der Waals surface area contributed by atoms with Gasteiger partial charge in [-0.2, -0.15) is 0 Å². The average molecular weight is 156 g/mol. The lowest BCUT2D eigenvalue weighted by atomic mass is 9.84. The lowest BCUT2D eigenvalue weighted by Gasteiger charge is -2.23. The molecular weight excluding hydrogens is 139 g/mol. The first kappa shape index (κ1) is 8.76. The van der Waals surface area contributed by atoms with Crippen LogP contribution in [0.15, 0.2) is 11.1 Å². The van der Waals surface area contributed by atoms with Crippen LogP contribution in [0.4, 0.5) is 4.39 Å². The summed E-state index contributed by atoms with van der Waals surface area (Å²) < 4.78 is 12.0. The minimum atomic E-state index is -0.142. The standard InChI is InChI=1S/C10H17F/c1-8-3-4-10(5-6-11)7-9(8)2/h10H,3-7H2,1-2H3. The van der Waals surface area contributed by atoms with Gasteiger partial charge in [-0.25, -0.2) is 0 Å². The molecule has 1 atom stereocenters. The van der Waals surface area contributed by atoms with Gasteiger partial charge in [0, 0.05) is 0 Å². The van der Waals surface area contributed by atoms with Gasteiger partial charge < -0.3 is 0 Å². The van der Waals surface area contributed by atoms with E-state index in [1.54, 1.807) is 0 Å². The summed E-state index contributed by atoms with van der Waals surface area (Å²) in [6, 6.07) is 0. The van der Waals surface area contributed by atoms with Crippen molar-refractivity contribution in [3.63, 3.8) is 0 Å². The van der Waals surface area contributed by atoms with Gasteiger partial charge in [-0.1, -0.05) is 11.1 Å². The van der Waals surface area contributed by atoms with Crippen molar-refractivity contribution in [3.8, 4) is 0 Å². The molecule has 0 heterocycles. The molecule has 1 aliphatic carbocycles. The van der Waals surface area contributed by atoms with E-state index in [9.17, 15) is 4.39 Å². The second-order valence-corrected chi connectivity index (χ2v) is 3.65. The minimum Gasteiger partial charge on any atom is -0.251 e. The maximum atomic E-state index is 12.0. The van der Waals surface area contributed by atoms with Crippen molar-refractivity contribution >= 4 is 0 Å². The average Bonchev–Trinajstić information content (AvgIpc) is 1.98. The summed E-state index contributed by atoms with van der Waals surface area (Å²) in [6.07, 6.45) is 4.30. The van der Waals surface area contributed by atoms with Crippen LogP contribution in [-0.4, -0.2) is 6.67 Å². The second kappa shape index (κ2) is 3.89. The number of alkyl halides is 1. The van der Waals surface area contributed by atoms with Crippen molar-refractivity contribution in [2.75, 3.05) is 6.67 Å². The zero-order valence-corrected chi connectivity index (χ0v) is 7.49. The van der Waals surface area contributed by atoms with Crippen molar-refractivity contribution in [1.82, 2.24) is 0 Å². The fourth-order valence-electron chi connectivity index (χ4n) is 1.74. The monoisotopic (exact) mass is 156 g/mol. The lowest BCUT2D eigenvalue weighted by molar-refractivity contribution is 0.356. The van der Waals surface area contributed by atoms with Crippen molar-refractivity contribution < 1.29 is 4.39 Å². The summed E-state index contributed by atoms with van der Waals surface area (Å²) in [5.41, 5.74) is 3.02. The number of rotatable bonds is 2. The molecule has 0 N–H and O–H groups in total. The molecule has 0 fully saturated rings. The van der Waals surface area contributed by atoms with Crippen LogP contribution in [0.5, 0.6) is 0 Å². The van der Waals surface area contributed by atoms with E-state index in [1.807, 2.05) is 0 Å². The molecule has 0 saturated heterocycles. The molecule has 11 heavy (non-hydrogen) atoms. The molecule has 0 radical (unpaired) electrons. The van der Waals surface area contributed by atoms with E-state index >= 15 is 0 Å². The highest BCUT2D eigenvalue weighted by atomic mass is 19.1. The van der Waals surface area contributed by atoms with Crippen LogP contribution in [0.2, 0.25) is 0 Å². The molecule has 1 unspecified atom stereocenters. The molecule has 0 aliphatic heterocycles. The van der Waals surface area contributed by atoms with E-state index < -0.39 is 0 Å². The molecule has 0 bridgehead atoms. The van der Waals surface area contributed by atoms with Crippen LogP contribution in [0.25, 0.3) is 0 Å². The van der Waals surface area contributed by atoms with Crippen LogP contribution in [0.3, 0.4) is 0 Å². The normalized spacial score (nSPS) is 25.9. The van der Waals surface area contributed by atoms with Gasteiger partial charge in [0.05, 0.1) is 6.67 Å². The molecule has 0 spiro atoms. The van der Waals surface area contributed by atoms with E-state index in [0.29, 0.717) is 5.92 Å². The molecule has 0 aromatic heterocycles. The third-order valence-electron chi connectivity index (χ3n) is 2.77. The van der Waals surface area contributed by atoms with E-state index in [-0.39, 0.29) is 6.67 Å². The Morgan fingerprint density at radius 3 is 2.64 bits per heavy atom. The summed E-state index contributed by atoms with van der Waals surface area (Å²) in [4.78, 5) is 0. The molecule has 0 aromatic rings. The van der Waals surface area contributed by atoms with Gasteiger partial charge in [0.25, 0.3) is 0 Å². The Labute approximate surface area is 68.5 Å². The molecule has 0 saturated carbocycles. The minimum absolute atomic E-state index is 0.142. The molecule has 0 aromatic carbocycles. The predicted molar refractivity (Wildman–Crippen MR) is 46.3 cm³/mol. The van der Waals surface area contributed by atoms with Gasteiger partial charge in [-0.05, 0) is 45.4 Å². The topological polar surface area (TPSA) is 0 Å². The summed E-state index contributed by atoms with van der Waals surface area (Å²) >= 11 is 0. The fourth-order valence-corrected chi connectivity index (χ4v) is 1.74. The van der Waals surface area contributed by atoms with E-state index in [2.05, 4.69) is 13.8 Å². The summed E-state index contributed by atoms with van der Waals surface area (Å²) in [6.45, 7) is 4.23. The summed E-state index contributed by atoms with van der Waals surface area (Å²) in [5, 5.41) is 0. The Bertz CT molecular complexity index is 158. The first-order valence-corrected chi connectivity index (χ1v) is 4.45. The van der Waals surface area contributed by atoms with Gasteiger partial charge >= 0.3 is 0 Å². The van der Waals surface area contributed by atoms with Gasteiger partial charge in [-0.15, -0.1) is 0 Å². The molecule has 1 aliphatic rings. The maximum Gasteiger partial charge on any atom is 0.0897 e. The first-order chi connectivity index (χ1) is 5.24. The lowest BCUT2D eigenvalue weighted by Crippen LogP contribution is -2.08. The summed E-state index contributed by atoms with van der Waals surface area (Å²) in [7, 11) is 0. The van der Waals surface area contributed by atoms with Crippen molar-refractivity contribution in [2.45, 2.75) is 39.5 Å². The van der Waals surface area contributed by atoms with E-state index in [0.717, 1.165) is 12.8 Å². The first-order valence-electron chi connectivity index (χ1n) is 4.45. The predicted octanol–water partition coefficient (Wildman–Crippen LogP) is 3.48. The van der Waals surface area contributed by atoms with Gasteiger partial charge in [0.2, 0.25) is 0 Å². The molecule has 0 nitrogen and oxygen atoms in total. The Balaban J connectivity index is 2.44. The highest BCUT2D eigenvalue weighted by Crippen LogP contribution is 2.30. The van der Waals surface area contributed by atoms with Crippen LogP contribution < -0.4 is 0 Å². The molecule has 64 valence electrons. The van der Waals surface area contributed by atoms with Crippen LogP contribution >= 0.6 is 0 Å². The smallest absolute Gasteiger partial charge is 0.0897 e. The number of hydrogen-bond acceptors (Lipinski definition) is 0. The zero-order chi connectivity index (χ0) is 8.27. The van der Waals surface area contributed by atoms with E-state index in [4.69, 9.17) is 0 Å². The van der Waals surface area contributed by atoms with Crippen molar-refractivity contribution in [2.24, 2.45) is 5.92 Å². The van der Waals surface area contributed by atoms with Gasteiger partial charge in [0.15, 0.2) is 0 Å². The SMILES string of the molecule is CC1=C(C)CC(CCF)CC1. The second-order valence-electron chi connectivity index (χ2n) is 3.65. The fraction of sp³-hybridized carbons (Fsp3) is 0.800. The Kier molecular flexibility index (Phi) is 3.10. The molecule has 1 heteroatoms. The third kappa shape index (κ3) is 2.32. The number of allylic oxidation sites excluding steroid dienone is 2. The third-order valence-corrected chi connectivity index (χ3v) is 2.77. The Hall–Kier alpha value is -0.330. The summed E-state index contributed by atoms with van der Waals surface area (Å²) in [5.74, 6) is 0.628. The van der Waals surface area contributed by atoms with Gasteiger partial charge in [0.1, 0.15) is 0 Å². The number of halogens is 1. The zero-order valence-electron chi connectivity index (χ0n) is 7.49. The molecular formula is C10H17F. The van der Waals surface area contributed by atoms with Crippen molar-refractivity contribution in [1.29, 1.82) is 0 Å². The maximum absolute atomic E-state index is 12.0. The van der Waals surface area contributed by atoms with Gasteiger partial charge in [-0.3, -0.25) is 4.39 Å². The number of hydrogen-bond donors (Lipinski definition) is 0. The van der Waals surface area contributed by atoms with E-state index in [1.165, 1.54) is 24.0 Å². The van der Waals surface area contributed by atoms with Crippen LogP contribution in [0, 0.1) is 5.92 Å². The Morgan fingerprint density at radius 2 is 2.09 bits per heavy atom.